The average Bonchev–Trinajstić information content (AvgIpc) is 3.20. The van der Waals surface area contributed by atoms with E-state index in [0.717, 1.165) is 70.6 Å². The molecular formula is C45H84NO11P. The summed E-state index contributed by atoms with van der Waals surface area (Å²) in [6.07, 6.45) is 37.7. The molecule has 0 aliphatic rings. The van der Waals surface area contributed by atoms with Crippen LogP contribution < -0.4 is 5.32 Å². The van der Waals surface area contributed by atoms with Crippen molar-refractivity contribution in [2.24, 2.45) is 0 Å². The van der Waals surface area contributed by atoms with E-state index in [4.69, 9.17) is 28.0 Å². The third-order valence-electron chi connectivity index (χ3n) is 9.58. The van der Waals surface area contributed by atoms with Crippen LogP contribution in [0.25, 0.3) is 0 Å². The minimum absolute atomic E-state index is 0.0597. The topological polar surface area (TPSA) is 156 Å². The van der Waals surface area contributed by atoms with Crippen LogP contribution in [0, 0.1) is 0 Å². The molecule has 0 aliphatic heterocycles. The van der Waals surface area contributed by atoms with Gasteiger partial charge in [0.15, 0.2) is 6.10 Å². The summed E-state index contributed by atoms with van der Waals surface area (Å²) in [6, 6.07) is 0. The zero-order valence-corrected chi connectivity index (χ0v) is 37.8. The van der Waals surface area contributed by atoms with E-state index in [-0.39, 0.29) is 45.8 Å². The number of rotatable bonds is 43. The van der Waals surface area contributed by atoms with E-state index in [1.165, 1.54) is 90.6 Å². The largest absolute Gasteiger partial charge is 0.472 e. The first-order valence-electron chi connectivity index (χ1n) is 22.9. The molecule has 0 aromatic heterocycles. The van der Waals surface area contributed by atoms with E-state index in [9.17, 15) is 23.8 Å². The molecule has 1 amide bonds. The summed E-state index contributed by atoms with van der Waals surface area (Å²) in [5.74, 6) is -0.924. The van der Waals surface area contributed by atoms with Crippen molar-refractivity contribution in [3.8, 4) is 0 Å². The molecule has 2 unspecified atom stereocenters. The Balaban J connectivity index is 4.50. The quantitative estimate of drug-likeness (QED) is 0.0198. The maximum Gasteiger partial charge on any atom is 0.472 e. The molecule has 2 atom stereocenters. The highest BCUT2D eigenvalue weighted by Crippen LogP contribution is 2.43. The molecule has 0 bridgehead atoms. The van der Waals surface area contributed by atoms with Gasteiger partial charge in [-0.3, -0.25) is 18.6 Å². The number of alkyl carbamates (subject to hydrolysis) is 1. The third kappa shape index (κ3) is 41.9. The van der Waals surface area contributed by atoms with Gasteiger partial charge in [-0.15, -0.1) is 0 Å². The van der Waals surface area contributed by atoms with Crippen molar-refractivity contribution >= 4 is 25.9 Å². The van der Waals surface area contributed by atoms with Crippen molar-refractivity contribution < 1.29 is 51.8 Å². The lowest BCUT2D eigenvalue weighted by Crippen LogP contribution is -2.30. The molecule has 340 valence electrons. The third-order valence-corrected chi connectivity index (χ3v) is 10.6. The van der Waals surface area contributed by atoms with Gasteiger partial charge < -0.3 is 29.2 Å². The van der Waals surface area contributed by atoms with Gasteiger partial charge in [0.25, 0.3) is 0 Å². The van der Waals surface area contributed by atoms with E-state index < -0.39 is 38.6 Å². The molecule has 0 heterocycles. The van der Waals surface area contributed by atoms with Crippen molar-refractivity contribution in [1.82, 2.24) is 5.32 Å². The Morgan fingerprint density at radius 3 is 1.48 bits per heavy atom. The summed E-state index contributed by atoms with van der Waals surface area (Å²) in [7, 11) is -3.10. The lowest BCUT2D eigenvalue weighted by Gasteiger charge is -2.20. The molecule has 0 rings (SSSR count). The van der Waals surface area contributed by atoms with Gasteiger partial charge in [0, 0.05) is 26.5 Å². The molecule has 58 heavy (non-hydrogen) atoms. The lowest BCUT2D eigenvalue weighted by atomic mass is 10.1. The second-order valence-electron chi connectivity index (χ2n) is 15.1. The highest BCUT2D eigenvalue weighted by atomic mass is 31.2. The Hall–Kier alpha value is -2.24. The monoisotopic (exact) mass is 846 g/mol. The molecule has 12 nitrogen and oxygen atoms in total. The predicted molar refractivity (Wildman–Crippen MR) is 233 cm³/mol. The maximum absolute atomic E-state index is 12.7. The van der Waals surface area contributed by atoms with E-state index >= 15 is 0 Å². The zero-order valence-electron chi connectivity index (χ0n) is 36.9. The second kappa shape index (κ2) is 42.9. The molecule has 13 heteroatoms. The average molecular weight is 846 g/mol. The number of carbonyl (C=O) groups is 3. The van der Waals surface area contributed by atoms with E-state index in [1.54, 1.807) is 0 Å². The summed E-state index contributed by atoms with van der Waals surface area (Å²) >= 11 is 0. The fourth-order valence-corrected chi connectivity index (χ4v) is 6.85. The Morgan fingerprint density at radius 2 is 1.00 bits per heavy atom. The number of carbonyl (C=O) groups excluding carboxylic acids is 3. The SMILES string of the molecule is CCCCCCCCC=CCCCCCCCC(=O)OCC(COP(=O)(O)OCCNC(=O)OCCOC)OC(=O)CCCCCCCC=CCCCCCCCC. The van der Waals surface area contributed by atoms with Crippen molar-refractivity contribution in [3.05, 3.63) is 24.3 Å². The lowest BCUT2D eigenvalue weighted by molar-refractivity contribution is -0.161. The highest BCUT2D eigenvalue weighted by molar-refractivity contribution is 7.47. The van der Waals surface area contributed by atoms with Gasteiger partial charge in [-0.25, -0.2) is 9.36 Å². The standard InChI is InChI=1S/C45H84NO11P/c1-4-6-8-10-12-14-16-18-20-22-24-26-28-30-32-34-43(47)54-40-42(41-56-58(50,51)55-37-36-46-45(49)53-39-38-52-3)57-44(48)35-33-31-29-27-25-23-21-19-17-15-13-11-9-7-5-2/h18-21,42H,4-17,22-41H2,1-3H3,(H,46,49)(H,50,51). The molecule has 0 aliphatic carbocycles. The van der Waals surface area contributed by atoms with Crippen molar-refractivity contribution in [2.45, 2.75) is 200 Å². The van der Waals surface area contributed by atoms with Gasteiger partial charge in [-0.05, 0) is 64.2 Å². The molecule has 0 spiro atoms. The van der Waals surface area contributed by atoms with E-state index in [0.29, 0.717) is 12.8 Å². The first-order valence-corrected chi connectivity index (χ1v) is 24.4. The second-order valence-corrected chi connectivity index (χ2v) is 16.6. The predicted octanol–water partition coefficient (Wildman–Crippen LogP) is 12.0. The highest BCUT2D eigenvalue weighted by Gasteiger charge is 2.26. The van der Waals surface area contributed by atoms with Crippen molar-refractivity contribution in [2.75, 3.05) is 46.7 Å². The number of unbranched alkanes of at least 4 members (excludes halogenated alkanes) is 22. The van der Waals surface area contributed by atoms with Gasteiger partial charge >= 0.3 is 25.9 Å². The summed E-state index contributed by atoms with van der Waals surface area (Å²) < 4.78 is 43.1. The van der Waals surface area contributed by atoms with E-state index in [1.807, 2.05) is 0 Å². The Bertz CT molecular complexity index is 1070. The number of hydrogen-bond acceptors (Lipinski definition) is 10. The first-order chi connectivity index (χ1) is 28.2. The van der Waals surface area contributed by atoms with Crippen LogP contribution in [0.15, 0.2) is 24.3 Å². The van der Waals surface area contributed by atoms with Gasteiger partial charge in [-0.1, -0.05) is 141 Å². The molecular weight excluding hydrogens is 761 g/mol. The summed E-state index contributed by atoms with van der Waals surface area (Å²) in [5.41, 5.74) is 0. The molecule has 0 saturated heterocycles. The molecule has 0 aromatic rings. The number of allylic oxidation sites excluding steroid dienone is 4. The van der Waals surface area contributed by atoms with Crippen LogP contribution in [0.4, 0.5) is 4.79 Å². The van der Waals surface area contributed by atoms with Crippen LogP contribution in [-0.4, -0.2) is 75.7 Å². The molecule has 0 aromatic carbocycles. The number of hydrogen-bond donors (Lipinski definition) is 2. The van der Waals surface area contributed by atoms with Crippen molar-refractivity contribution in [1.29, 1.82) is 0 Å². The summed E-state index contributed by atoms with van der Waals surface area (Å²) in [4.78, 5) is 47.0. The Labute approximate surface area is 352 Å². The Morgan fingerprint density at radius 1 is 0.552 bits per heavy atom. The Kier molecular flexibility index (Phi) is 41.2. The number of esters is 2. The normalized spacial score (nSPS) is 13.2. The van der Waals surface area contributed by atoms with Crippen LogP contribution in [0.3, 0.4) is 0 Å². The zero-order chi connectivity index (χ0) is 42.6. The molecule has 0 saturated carbocycles. The van der Waals surface area contributed by atoms with Gasteiger partial charge in [0.1, 0.15) is 13.2 Å². The number of phosphoric ester groups is 1. The van der Waals surface area contributed by atoms with Crippen LogP contribution in [-0.2, 0) is 42.1 Å². The van der Waals surface area contributed by atoms with Crippen LogP contribution in [0.1, 0.15) is 194 Å². The van der Waals surface area contributed by atoms with Crippen molar-refractivity contribution in [3.63, 3.8) is 0 Å². The van der Waals surface area contributed by atoms with Gasteiger partial charge in [-0.2, -0.15) is 0 Å². The molecule has 0 fully saturated rings. The first kappa shape index (κ1) is 55.8. The van der Waals surface area contributed by atoms with E-state index in [2.05, 4.69) is 43.5 Å². The number of phosphoric acid groups is 1. The number of methoxy groups -OCH3 is 1. The fourth-order valence-electron chi connectivity index (χ4n) is 6.10. The smallest absolute Gasteiger partial charge is 0.462 e. The maximum atomic E-state index is 12.7. The number of nitrogens with one attached hydrogen (secondary N) is 1. The number of amides is 1. The molecule has 0 radical (unpaired) electrons. The van der Waals surface area contributed by atoms with Gasteiger partial charge in [0.2, 0.25) is 0 Å². The van der Waals surface area contributed by atoms with Crippen LogP contribution >= 0.6 is 7.82 Å². The van der Waals surface area contributed by atoms with Crippen LogP contribution in [0.5, 0.6) is 0 Å². The summed E-state index contributed by atoms with van der Waals surface area (Å²) in [6.45, 7) is 3.51. The fraction of sp³-hybridized carbons (Fsp3) is 0.844. The minimum atomic E-state index is -4.58. The van der Waals surface area contributed by atoms with Gasteiger partial charge in [0.05, 0.1) is 19.8 Å². The minimum Gasteiger partial charge on any atom is -0.462 e. The molecule has 2 N–H and O–H groups in total. The number of ether oxygens (including phenoxy) is 4. The summed E-state index contributed by atoms with van der Waals surface area (Å²) in [5, 5.41) is 2.38. The van der Waals surface area contributed by atoms with Crippen LogP contribution in [0.2, 0.25) is 0 Å².